The lowest BCUT2D eigenvalue weighted by Gasteiger charge is -2.29. The molecule has 0 spiro atoms. The van der Waals surface area contributed by atoms with Crippen LogP contribution in [0.3, 0.4) is 0 Å². The minimum absolute atomic E-state index is 0.105. The fraction of sp³-hybridized carbons (Fsp3) is 0.300. The second-order valence-electron chi connectivity index (χ2n) is 6.23. The number of amides is 1. The van der Waals surface area contributed by atoms with Gasteiger partial charge in [0.25, 0.3) is 0 Å². The Hall–Kier alpha value is -2.60. The molecule has 0 radical (unpaired) electrons. The molecule has 5 nitrogen and oxygen atoms in total. The van der Waals surface area contributed by atoms with Crippen LogP contribution >= 0.6 is 11.3 Å². The Kier molecular flexibility index (Phi) is 4.75. The average molecular weight is 368 g/mol. The lowest BCUT2D eigenvalue weighted by atomic mass is 9.99. The van der Waals surface area contributed by atoms with Crippen molar-refractivity contribution in [1.82, 2.24) is 9.88 Å². The third-order valence-electron chi connectivity index (χ3n) is 4.47. The van der Waals surface area contributed by atoms with E-state index in [2.05, 4.69) is 17.1 Å². The number of rotatable bonds is 5. The number of benzene rings is 1. The van der Waals surface area contributed by atoms with Gasteiger partial charge in [-0.2, -0.15) is 0 Å². The maximum Gasteiger partial charge on any atom is 0.228 e. The first-order chi connectivity index (χ1) is 12.7. The van der Waals surface area contributed by atoms with E-state index in [9.17, 15) is 4.79 Å². The van der Waals surface area contributed by atoms with Crippen molar-refractivity contribution in [1.29, 1.82) is 0 Å². The molecule has 1 aliphatic rings. The number of thiazole rings is 1. The largest absolute Gasteiger partial charge is 0.494 e. The Balaban J connectivity index is 1.43. The van der Waals surface area contributed by atoms with E-state index in [1.807, 2.05) is 35.4 Å². The summed E-state index contributed by atoms with van der Waals surface area (Å²) in [4.78, 5) is 19.2. The predicted molar refractivity (Wildman–Crippen MR) is 100 cm³/mol. The quantitative estimate of drug-likeness (QED) is 0.685. The van der Waals surface area contributed by atoms with Gasteiger partial charge in [0.2, 0.25) is 5.91 Å². The molecule has 0 bridgehead atoms. The summed E-state index contributed by atoms with van der Waals surface area (Å²) < 4.78 is 10.9. The molecular formula is C20H20N2O3S. The Bertz CT molecular complexity index is 902. The molecule has 26 heavy (non-hydrogen) atoms. The highest BCUT2D eigenvalue weighted by atomic mass is 32.1. The summed E-state index contributed by atoms with van der Waals surface area (Å²) in [6, 6.07) is 9.88. The normalized spacial score (nSPS) is 13.5. The van der Waals surface area contributed by atoms with Gasteiger partial charge in [0.05, 0.1) is 25.0 Å². The van der Waals surface area contributed by atoms with E-state index in [0.29, 0.717) is 19.6 Å². The van der Waals surface area contributed by atoms with Crippen LogP contribution in [0.4, 0.5) is 0 Å². The van der Waals surface area contributed by atoms with Gasteiger partial charge < -0.3 is 14.1 Å². The zero-order valence-corrected chi connectivity index (χ0v) is 15.4. The molecule has 0 saturated carbocycles. The van der Waals surface area contributed by atoms with Gasteiger partial charge in [-0.3, -0.25) is 4.79 Å². The van der Waals surface area contributed by atoms with Gasteiger partial charge >= 0.3 is 0 Å². The summed E-state index contributed by atoms with van der Waals surface area (Å²) in [5.74, 6) is 1.71. The third-order valence-corrected chi connectivity index (χ3v) is 5.38. The average Bonchev–Trinajstić information content (AvgIpc) is 3.33. The second kappa shape index (κ2) is 7.33. The van der Waals surface area contributed by atoms with Gasteiger partial charge in [-0.1, -0.05) is 6.07 Å². The van der Waals surface area contributed by atoms with Gasteiger partial charge in [-0.25, -0.2) is 4.98 Å². The highest BCUT2D eigenvalue weighted by Gasteiger charge is 2.22. The van der Waals surface area contributed by atoms with Crippen molar-refractivity contribution in [3.8, 4) is 16.5 Å². The van der Waals surface area contributed by atoms with Gasteiger partial charge in [-0.15, -0.1) is 11.3 Å². The Labute approximate surface area is 156 Å². The van der Waals surface area contributed by atoms with Crippen molar-refractivity contribution >= 4 is 17.2 Å². The summed E-state index contributed by atoms with van der Waals surface area (Å²) in [5, 5.41) is 2.74. The van der Waals surface area contributed by atoms with Crippen LogP contribution in [0, 0.1) is 0 Å². The first-order valence-corrected chi connectivity index (χ1v) is 9.61. The molecule has 0 atom stereocenters. The van der Waals surface area contributed by atoms with Crippen LogP contribution in [-0.4, -0.2) is 28.9 Å². The van der Waals surface area contributed by atoms with Crippen LogP contribution in [-0.2, 0) is 24.2 Å². The molecule has 0 fully saturated rings. The van der Waals surface area contributed by atoms with E-state index in [0.717, 1.165) is 35.2 Å². The Morgan fingerprint density at radius 2 is 2.27 bits per heavy atom. The molecule has 0 saturated heterocycles. The van der Waals surface area contributed by atoms with Gasteiger partial charge in [-0.05, 0) is 48.7 Å². The third kappa shape index (κ3) is 3.51. The number of furan rings is 1. The molecule has 134 valence electrons. The number of fused-ring (bicyclic) bond motifs is 1. The molecule has 3 aromatic rings. The number of aromatic nitrogens is 1. The SMILES string of the molecule is CCOc1ccc2c(c1)CN(C(=O)Cc1csc(-c3ccco3)n1)CC2. The second-order valence-corrected chi connectivity index (χ2v) is 7.08. The molecule has 6 heteroatoms. The lowest BCUT2D eigenvalue weighted by Crippen LogP contribution is -2.37. The molecule has 2 aromatic heterocycles. The molecule has 1 aromatic carbocycles. The Morgan fingerprint density at radius 3 is 3.08 bits per heavy atom. The van der Waals surface area contributed by atoms with Crippen LogP contribution in [0.2, 0.25) is 0 Å². The number of hydrogen-bond donors (Lipinski definition) is 0. The van der Waals surface area contributed by atoms with Crippen LogP contribution in [0.15, 0.2) is 46.4 Å². The van der Waals surface area contributed by atoms with Crippen LogP contribution in [0.1, 0.15) is 23.7 Å². The van der Waals surface area contributed by atoms with Crippen molar-refractivity contribution in [2.45, 2.75) is 26.3 Å². The molecule has 0 aliphatic carbocycles. The molecule has 0 unspecified atom stereocenters. The maximum absolute atomic E-state index is 12.7. The van der Waals surface area contributed by atoms with Crippen molar-refractivity contribution in [3.63, 3.8) is 0 Å². The number of carbonyl (C=O) groups is 1. The van der Waals surface area contributed by atoms with Gasteiger partial charge in [0, 0.05) is 18.5 Å². The Morgan fingerprint density at radius 1 is 1.35 bits per heavy atom. The molecule has 1 amide bonds. The number of hydrogen-bond acceptors (Lipinski definition) is 5. The summed E-state index contributed by atoms with van der Waals surface area (Å²) >= 11 is 1.50. The summed E-state index contributed by atoms with van der Waals surface area (Å²) in [6.07, 6.45) is 2.82. The molecule has 3 heterocycles. The monoisotopic (exact) mass is 368 g/mol. The fourth-order valence-electron chi connectivity index (χ4n) is 3.17. The van der Waals surface area contributed by atoms with E-state index in [1.165, 1.54) is 22.5 Å². The minimum Gasteiger partial charge on any atom is -0.494 e. The zero-order valence-electron chi connectivity index (χ0n) is 14.6. The van der Waals surface area contributed by atoms with Crippen LogP contribution in [0.25, 0.3) is 10.8 Å². The van der Waals surface area contributed by atoms with E-state index in [4.69, 9.17) is 9.15 Å². The van der Waals surface area contributed by atoms with Crippen molar-refractivity contribution in [2.75, 3.05) is 13.2 Å². The highest BCUT2D eigenvalue weighted by molar-refractivity contribution is 7.13. The topological polar surface area (TPSA) is 55.6 Å². The molecular weight excluding hydrogens is 348 g/mol. The predicted octanol–water partition coefficient (Wildman–Crippen LogP) is 3.93. The van der Waals surface area contributed by atoms with Crippen molar-refractivity contribution in [2.24, 2.45) is 0 Å². The standard InChI is InChI=1S/C20H20N2O3S/c1-2-24-17-6-5-14-7-8-22(12-15(14)10-17)19(23)11-16-13-26-20(21-16)18-4-3-9-25-18/h3-6,9-10,13H,2,7-8,11-12H2,1H3. The van der Waals surface area contributed by atoms with Gasteiger partial charge in [0.15, 0.2) is 10.8 Å². The minimum atomic E-state index is 0.105. The zero-order chi connectivity index (χ0) is 17.9. The first-order valence-electron chi connectivity index (χ1n) is 8.73. The fourth-order valence-corrected chi connectivity index (χ4v) is 3.96. The number of carbonyl (C=O) groups excluding carboxylic acids is 1. The van der Waals surface area contributed by atoms with E-state index >= 15 is 0 Å². The molecule has 1 aliphatic heterocycles. The highest BCUT2D eigenvalue weighted by Crippen LogP contribution is 2.26. The smallest absolute Gasteiger partial charge is 0.228 e. The van der Waals surface area contributed by atoms with Crippen molar-refractivity contribution in [3.05, 3.63) is 58.8 Å². The van der Waals surface area contributed by atoms with Gasteiger partial charge in [0.1, 0.15) is 5.75 Å². The van der Waals surface area contributed by atoms with E-state index < -0.39 is 0 Å². The number of nitrogens with zero attached hydrogens (tertiary/aromatic N) is 2. The first kappa shape index (κ1) is 16.8. The summed E-state index contributed by atoms with van der Waals surface area (Å²) in [6.45, 7) is 3.99. The lowest BCUT2D eigenvalue weighted by molar-refractivity contribution is -0.131. The number of ether oxygens (including phenoxy) is 1. The van der Waals surface area contributed by atoms with Crippen LogP contribution in [0.5, 0.6) is 5.75 Å². The maximum atomic E-state index is 12.7. The molecule has 4 rings (SSSR count). The summed E-state index contributed by atoms with van der Waals surface area (Å²) in [7, 11) is 0. The van der Waals surface area contributed by atoms with Crippen molar-refractivity contribution < 1.29 is 13.9 Å². The summed E-state index contributed by atoms with van der Waals surface area (Å²) in [5.41, 5.74) is 3.26. The van der Waals surface area contributed by atoms with E-state index in [1.54, 1.807) is 6.26 Å². The van der Waals surface area contributed by atoms with E-state index in [-0.39, 0.29) is 5.91 Å². The molecule has 0 N–H and O–H groups in total. The van der Waals surface area contributed by atoms with Crippen LogP contribution < -0.4 is 4.74 Å².